The summed E-state index contributed by atoms with van der Waals surface area (Å²) in [4.78, 5) is 25.7. The zero-order valence-corrected chi connectivity index (χ0v) is 15.0. The van der Waals surface area contributed by atoms with Crippen LogP contribution >= 0.6 is 0 Å². The van der Waals surface area contributed by atoms with Crippen LogP contribution in [0.4, 0.5) is 18.9 Å². The van der Waals surface area contributed by atoms with E-state index in [0.29, 0.717) is 23.7 Å². The van der Waals surface area contributed by atoms with Gasteiger partial charge >= 0.3 is 0 Å². The minimum Gasteiger partial charge on any atom is -0.332 e. The fourth-order valence-corrected chi connectivity index (χ4v) is 2.66. The van der Waals surface area contributed by atoms with E-state index in [1.54, 1.807) is 22.9 Å². The molecule has 2 amide bonds. The Hall–Kier alpha value is -3.43. The van der Waals surface area contributed by atoms with Crippen LogP contribution in [0, 0.1) is 17.5 Å². The maximum absolute atomic E-state index is 13.6. The molecule has 1 heterocycles. The summed E-state index contributed by atoms with van der Waals surface area (Å²) in [6.07, 6.45) is 0. The molecule has 146 valence electrons. The van der Waals surface area contributed by atoms with Crippen LogP contribution < -0.4 is 5.32 Å². The van der Waals surface area contributed by atoms with Crippen molar-refractivity contribution < 1.29 is 22.8 Å². The molecule has 0 radical (unpaired) electrons. The minimum absolute atomic E-state index is 0.296. The first-order valence-corrected chi connectivity index (χ1v) is 8.34. The van der Waals surface area contributed by atoms with Gasteiger partial charge in [0.1, 0.15) is 5.52 Å². The van der Waals surface area contributed by atoms with E-state index in [0.717, 1.165) is 16.5 Å². The van der Waals surface area contributed by atoms with Gasteiger partial charge in [-0.3, -0.25) is 9.59 Å². The fraction of sp³-hybridized carbons (Fsp3) is 0.222. The van der Waals surface area contributed by atoms with Gasteiger partial charge in [0.2, 0.25) is 5.91 Å². The molecule has 0 aliphatic carbocycles. The monoisotopic (exact) mass is 391 g/mol. The molecule has 28 heavy (non-hydrogen) atoms. The van der Waals surface area contributed by atoms with Crippen LogP contribution in [0.2, 0.25) is 0 Å². The van der Waals surface area contributed by atoms with Crippen LogP contribution in [0.3, 0.4) is 0 Å². The van der Waals surface area contributed by atoms with E-state index in [4.69, 9.17) is 0 Å². The third-order valence-corrected chi connectivity index (χ3v) is 4.10. The summed E-state index contributed by atoms with van der Waals surface area (Å²) >= 11 is 0. The van der Waals surface area contributed by atoms with E-state index >= 15 is 0 Å². The lowest BCUT2D eigenvalue weighted by molar-refractivity contribution is -0.116. The maximum Gasteiger partial charge on any atom is 0.254 e. The van der Waals surface area contributed by atoms with Gasteiger partial charge in [0.05, 0.1) is 17.7 Å². The third-order valence-electron chi connectivity index (χ3n) is 4.10. The van der Waals surface area contributed by atoms with Crippen molar-refractivity contribution in [2.45, 2.75) is 13.5 Å². The standard InChI is InChI=1S/C18H16F3N5O2/c1-3-26-14-7-4-10(8-13(14)23-24-26)18(28)25(2)9-15(27)22-12-6-5-11(19)16(20)17(12)21/h4-8H,3,9H2,1-2H3,(H,22,27). The number of fused-ring (bicyclic) bond motifs is 1. The van der Waals surface area contributed by atoms with E-state index in [1.807, 2.05) is 6.92 Å². The molecule has 0 bridgehead atoms. The molecule has 0 saturated carbocycles. The second-order valence-electron chi connectivity index (χ2n) is 6.04. The largest absolute Gasteiger partial charge is 0.332 e. The molecular weight excluding hydrogens is 375 g/mol. The molecule has 0 aliphatic rings. The number of aryl methyl sites for hydroxylation is 1. The quantitative estimate of drug-likeness (QED) is 0.678. The van der Waals surface area contributed by atoms with E-state index in [2.05, 4.69) is 15.6 Å². The van der Waals surface area contributed by atoms with Crippen molar-refractivity contribution in [1.29, 1.82) is 0 Å². The molecule has 10 heteroatoms. The maximum atomic E-state index is 13.6. The Kier molecular flexibility index (Phi) is 5.30. The predicted octanol–water partition coefficient (Wildman–Crippen LogP) is 2.58. The molecular formula is C18H16F3N5O2. The van der Waals surface area contributed by atoms with E-state index in [9.17, 15) is 22.8 Å². The number of benzene rings is 2. The zero-order chi connectivity index (χ0) is 20.4. The van der Waals surface area contributed by atoms with Gasteiger partial charge in [0, 0.05) is 19.2 Å². The van der Waals surface area contributed by atoms with E-state index in [1.165, 1.54) is 7.05 Å². The fourth-order valence-electron chi connectivity index (χ4n) is 2.66. The van der Waals surface area contributed by atoms with Crippen LogP contribution in [0.5, 0.6) is 0 Å². The Morgan fingerprint density at radius 2 is 1.89 bits per heavy atom. The summed E-state index contributed by atoms with van der Waals surface area (Å²) in [5.41, 5.74) is 1.09. The molecule has 0 atom stereocenters. The van der Waals surface area contributed by atoms with E-state index < -0.39 is 41.5 Å². The SMILES string of the molecule is CCn1nnc2cc(C(=O)N(C)CC(=O)Nc3ccc(F)c(F)c3F)ccc21. The number of carbonyl (C=O) groups excluding carboxylic acids is 2. The number of hydrogen-bond donors (Lipinski definition) is 1. The normalized spacial score (nSPS) is 10.9. The predicted molar refractivity (Wildman–Crippen MR) is 95.1 cm³/mol. The van der Waals surface area contributed by atoms with Gasteiger partial charge in [0.15, 0.2) is 17.5 Å². The van der Waals surface area contributed by atoms with Gasteiger partial charge in [0.25, 0.3) is 5.91 Å². The smallest absolute Gasteiger partial charge is 0.254 e. The van der Waals surface area contributed by atoms with Crippen LogP contribution in [0.1, 0.15) is 17.3 Å². The van der Waals surface area contributed by atoms with Crippen molar-refractivity contribution >= 4 is 28.5 Å². The molecule has 1 N–H and O–H groups in total. The second kappa shape index (κ2) is 7.67. The Bertz CT molecular complexity index is 1070. The number of likely N-dealkylation sites (N-methyl/N-ethyl adjacent to an activating group) is 1. The van der Waals surface area contributed by atoms with Crippen molar-refractivity contribution in [3.63, 3.8) is 0 Å². The van der Waals surface area contributed by atoms with Gasteiger partial charge in [-0.05, 0) is 37.3 Å². The van der Waals surface area contributed by atoms with Crippen LogP contribution in [-0.2, 0) is 11.3 Å². The van der Waals surface area contributed by atoms with Crippen LogP contribution in [0.25, 0.3) is 11.0 Å². The molecule has 2 aromatic carbocycles. The molecule has 3 aromatic rings. The second-order valence-corrected chi connectivity index (χ2v) is 6.04. The number of carbonyl (C=O) groups is 2. The molecule has 0 aliphatic heterocycles. The van der Waals surface area contributed by atoms with Crippen LogP contribution in [0.15, 0.2) is 30.3 Å². The number of nitrogens with one attached hydrogen (secondary N) is 1. The number of halogens is 3. The molecule has 0 unspecified atom stereocenters. The van der Waals surface area contributed by atoms with E-state index in [-0.39, 0.29) is 0 Å². The molecule has 3 rings (SSSR count). The molecule has 0 spiro atoms. The zero-order valence-electron chi connectivity index (χ0n) is 15.0. The molecule has 0 saturated heterocycles. The number of nitrogens with zero attached hydrogens (tertiary/aromatic N) is 4. The summed E-state index contributed by atoms with van der Waals surface area (Å²) in [5.74, 6) is -5.78. The highest BCUT2D eigenvalue weighted by Gasteiger charge is 2.19. The Morgan fingerprint density at radius 3 is 2.61 bits per heavy atom. The van der Waals surface area contributed by atoms with Gasteiger partial charge < -0.3 is 10.2 Å². The first-order chi connectivity index (χ1) is 13.3. The van der Waals surface area contributed by atoms with Gasteiger partial charge in [-0.15, -0.1) is 5.10 Å². The molecule has 0 fully saturated rings. The highest BCUT2D eigenvalue weighted by Crippen LogP contribution is 2.20. The highest BCUT2D eigenvalue weighted by atomic mass is 19.2. The van der Waals surface area contributed by atoms with Gasteiger partial charge in [-0.1, -0.05) is 5.21 Å². The number of anilines is 1. The molecule has 7 nitrogen and oxygen atoms in total. The summed E-state index contributed by atoms with van der Waals surface area (Å²) in [7, 11) is 1.39. The third kappa shape index (κ3) is 3.66. The van der Waals surface area contributed by atoms with Gasteiger partial charge in [-0.25, -0.2) is 17.9 Å². The lowest BCUT2D eigenvalue weighted by atomic mass is 10.1. The van der Waals surface area contributed by atoms with Crippen LogP contribution in [-0.4, -0.2) is 45.3 Å². The Balaban J connectivity index is 1.70. The van der Waals surface area contributed by atoms with Crippen molar-refractivity contribution in [3.05, 3.63) is 53.3 Å². The average Bonchev–Trinajstić information content (AvgIpc) is 3.10. The summed E-state index contributed by atoms with van der Waals surface area (Å²) in [5, 5.41) is 10.1. The summed E-state index contributed by atoms with van der Waals surface area (Å²) < 4.78 is 41.5. The lowest BCUT2D eigenvalue weighted by Gasteiger charge is -2.17. The van der Waals surface area contributed by atoms with Crippen molar-refractivity contribution in [2.75, 3.05) is 18.9 Å². The Morgan fingerprint density at radius 1 is 1.14 bits per heavy atom. The average molecular weight is 391 g/mol. The number of aromatic nitrogens is 3. The lowest BCUT2D eigenvalue weighted by Crippen LogP contribution is -2.35. The Labute approximate surface area is 157 Å². The number of amides is 2. The minimum atomic E-state index is -1.68. The number of rotatable bonds is 5. The van der Waals surface area contributed by atoms with Crippen molar-refractivity contribution in [2.24, 2.45) is 0 Å². The van der Waals surface area contributed by atoms with Crippen molar-refractivity contribution in [1.82, 2.24) is 19.9 Å². The number of hydrogen-bond acceptors (Lipinski definition) is 4. The molecule has 1 aromatic heterocycles. The highest BCUT2D eigenvalue weighted by molar-refractivity contribution is 6.00. The van der Waals surface area contributed by atoms with Gasteiger partial charge in [-0.2, -0.15) is 0 Å². The summed E-state index contributed by atoms with van der Waals surface area (Å²) in [6, 6.07) is 6.44. The van der Waals surface area contributed by atoms with Crippen molar-refractivity contribution in [3.8, 4) is 0 Å². The topological polar surface area (TPSA) is 80.1 Å². The first-order valence-electron chi connectivity index (χ1n) is 8.34. The first kappa shape index (κ1) is 19.3. The summed E-state index contributed by atoms with van der Waals surface area (Å²) in [6.45, 7) is 2.12.